The molecule has 0 saturated heterocycles. The second kappa shape index (κ2) is 7.84. The third-order valence-corrected chi connectivity index (χ3v) is 2.58. The first-order chi connectivity index (χ1) is 8.99. The van der Waals surface area contributed by atoms with Crippen LogP contribution >= 0.6 is 0 Å². The molecule has 1 rings (SSSR count). The van der Waals surface area contributed by atoms with Gasteiger partial charge in [-0.25, -0.2) is 0 Å². The molecule has 1 aromatic rings. The van der Waals surface area contributed by atoms with Crippen molar-refractivity contribution in [1.29, 1.82) is 0 Å². The van der Waals surface area contributed by atoms with Crippen LogP contribution in [0.5, 0.6) is 5.88 Å². The highest BCUT2D eigenvalue weighted by atomic mass is 16.5. The Morgan fingerprint density at radius 2 is 2.05 bits per heavy atom. The zero-order valence-electron chi connectivity index (χ0n) is 12.4. The van der Waals surface area contributed by atoms with Gasteiger partial charge < -0.3 is 20.7 Å². The molecule has 0 amide bonds. The molecular formula is C14H26N4O. The molecule has 3 N–H and O–H groups in total. The zero-order chi connectivity index (χ0) is 14.3. The van der Waals surface area contributed by atoms with E-state index in [2.05, 4.69) is 29.3 Å². The average molecular weight is 266 g/mol. The maximum absolute atomic E-state index is 5.83. The van der Waals surface area contributed by atoms with Gasteiger partial charge in [-0.05, 0) is 59.5 Å². The van der Waals surface area contributed by atoms with Gasteiger partial charge in [-0.1, -0.05) is 0 Å². The third kappa shape index (κ3) is 6.29. The molecule has 0 aliphatic heterocycles. The normalized spacial score (nSPS) is 11.1. The van der Waals surface area contributed by atoms with Crippen molar-refractivity contribution < 1.29 is 4.74 Å². The van der Waals surface area contributed by atoms with Crippen LogP contribution in [-0.2, 0) is 0 Å². The summed E-state index contributed by atoms with van der Waals surface area (Å²) in [6.07, 6.45) is 2.36. The first-order valence-electron chi connectivity index (χ1n) is 6.81. The maximum Gasteiger partial charge on any atom is 0.239 e. The van der Waals surface area contributed by atoms with Gasteiger partial charge in [0.05, 0.1) is 11.8 Å². The molecule has 1 heterocycles. The standard InChI is InChI=1S/C14H26N4O/c1-11(2)19-14-12(15)7-8-13(17-14)16-9-5-6-10-18(3)4/h7-8,11H,5-6,9-10,15H2,1-4H3,(H,16,17). The third-order valence-electron chi connectivity index (χ3n) is 2.58. The monoisotopic (exact) mass is 266 g/mol. The zero-order valence-corrected chi connectivity index (χ0v) is 12.4. The van der Waals surface area contributed by atoms with E-state index < -0.39 is 0 Å². The number of nitrogens with two attached hydrogens (primary N) is 1. The topological polar surface area (TPSA) is 63.4 Å². The van der Waals surface area contributed by atoms with Crippen molar-refractivity contribution in [2.24, 2.45) is 0 Å². The van der Waals surface area contributed by atoms with Crippen LogP contribution in [0.25, 0.3) is 0 Å². The van der Waals surface area contributed by atoms with Crippen LogP contribution in [0.1, 0.15) is 26.7 Å². The van der Waals surface area contributed by atoms with E-state index in [1.165, 1.54) is 6.42 Å². The number of nitrogens with zero attached hydrogens (tertiary/aromatic N) is 2. The molecule has 1 aromatic heterocycles. The van der Waals surface area contributed by atoms with Crippen LogP contribution in [-0.4, -0.2) is 43.2 Å². The number of nitrogen functional groups attached to an aromatic ring is 1. The Hall–Kier alpha value is -1.49. The lowest BCUT2D eigenvalue weighted by Crippen LogP contribution is -2.14. The van der Waals surface area contributed by atoms with E-state index in [1.807, 2.05) is 26.0 Å². The summed E-state index contributed by atoms with van der Waals surface area (Å²) in [5.74, 6) is 1.32. The number of anilines is 2. The average Bonchev–Trinajstić information content (AvgIpc) is 2.31. The minimum atomic E-state index is 0.0742. The van der Waals surface area contributed by atoms with Crippen molar-refractivity contribution in [3.05, 3.63) is 12.1 Å². The van der Waals surface area contributed by atoms with Crippen molar-refractivity contribution in [3.63, 3.8) is 0 Å². The Labute approximate surface area is 116 Å². The summed E-state index contributed by atoms with van der Waals surface area (Å²) in [5, 5.41) is 3.29. The Morgan fingerprint density at radius 1 is 1.32 bits per heavy atom. The molecule has 0 atom stereocenters. The van der Waals surface area contributed by atoms with Crippen LogP contribution in [0.4, 0.5) is 11.5 Å². The molecule has 5 nitrogen and oxygen atoms in total. The summed E-state index contributed by atoms with van der Waals surface area (Å²) in [7, 11) is 4.18. The summed E-state index contributed by atoms with van der Waals surface area (Å²) in [5.41, 5.74) is 6.40. The van der Waals surface area contributed by atoms with E-state index >= 15 is 0 Å². The van der Waals surface area contributed by atoms with E-state index in [9.17, 15) is 0 Å². The van der Waals surface area contributed by atoms with Crippen molar-refractivity contribution >= 4 is 11.5 Å². The first-order valence-corrected chi connectivity index (χ1v) is 6.81. The molecule has 0 fully saturated rings. The SMILES string of the molecule is CC(C)Oc1nc(NCCCCN(C)C)ccc1N. The van der Waals surface area contributed by atoms with E-state index in [4.69, 9.17) is 10.5 Å². The van der Waals surface area contributed by atoms with Gasteiger partial charge >= 0.3 is 0 Å². The number of hydrogen-bond acceptors (Lipinski definition) is 5. The Bertz CT molecular complexity index is 380. The highest BCUT2D eigenvalue weighted by Crippen LogP contribution is 2.21. The Kier molecular flexibility index (Phi) is 6.42. The van der Waals surface area contributed by atoms with Crippen LogP contribution in [0.2, 0.25) is 0 Å². The van der Waals surface area contributed by atoms with E-state index in [0.29, 0.717) is 11.6 Å². The second-order valence-corrected chi connectivity index (χ2v) is 5.19. The van der Waals surface area contributed by atoms with Crippen molar-refractivity contribution in [2.75, 3.05) is 38.2 Å². The largest absolute Gasteiger partial charge is 0.473 e. The number of nitrogens with one attached hydrogen (secondary N) is 1. The molecule has 0 aliphatic carbocycles. The lowest BCUT2D eigenvalue weighted by Gasteiger charge is -2.13. The van der Waals surface area contributed by atoms with Gasteiger partial charge in [0.2, 0.25) is 5.88 Å². The highest BCUT2D eigenvalue weighted by Gasteiger charge is 2.06. The summed E-state index contributed by atoms with van der Waals surface area (Å²) < 4.78 is 5.56. The van der Waals surface area contributed by atoms with Gasteiger partial charge in [0, 0.05) is 6.54 Å². The van der Waals surface area contributed by atoms with Gasteiger partial charge in [0.25, 0.3) is 0 Å². The highest BCUT2D eigenvalue weighted by molar-refractivity contribution is 5.53. The molecular weight excluding hydrogens is 240 g/mol. The molecule has 0 unspecified atom stereocenters. The quantitative estimate of drug-likeness (QED) is 0.706. The number of hydrogen-bond donors (Lipinski definition) is 2. The molecule has 19 heavy (non-hydrogen) atoms. The number of aromatic nitrogens is 1. The smallest absolute Gasteiger partial charge is 0.239 e. The molecule has 0 aliphatic rings. The van der Waals surface area contributed by atoms with Crippen LogP contribution in [0.15, 0.2) is 12.1 Å². The predicted octanol–water partition coefficient (Wildman–Crippen LogP) is 2.20. The Morgan fingerprint density at radius 3 is 2.68 bits per heavy atom. The minimum Gasteiger partial charge on any atom is -0.473 e. The Balaban J connectivity index is 2.41. The fourth-order valence-corrected chi connectivity index (χ4v) is 1.64. The fourth-order valence-electron chi connectivity index (χ4n) is 1.64. The molecule has 0 radical (unpaired) electrons. The van der Waals surface area contributed by atoms with Gasteiger partial charge in [-0.15, -0.1) is 0 Å². The summed E-state index contributed by atoms with van der Waals surface area (Å²) in [6, 6.07) is 3.71. The van der Waals surface area contributed by atoms with Crippen LogP contribution in [0.3, 0.4) is 0 Å². The lowest BCUT2D eigenvalue weighted by atomic mass is 10.3. The molecule has 5 heteroatoms. The molecule has 0 spiro atoms. The van der Waals surface area contributed by atoms with Gasteiger partial charge in [-0.3, -0.25) is 0 Å². The maximum atomic E-state index is 5.83. The van der Waals surface area contributed by atoms with Gasteiger partial charge in [0.15, 0.2) is 0 Å². The van der Waals surface area contributed by atoms with E-state index in [-0.39, 0.29) is 6.10 Å². The van der Waals surface area contributed by atoms with E-state index in [0.717, 1.165) is 25.3 Å². The van der Waals surface area contributed by atoms with Crippen molar-refractivity contribution in [2.45, 2.75) is 32.8 Å². The second-order valence-electron chi connectivity index (χ2n) is 5.19. The first kappa shape index (κ1) is 15.6. The molecule has 0 aromatic carbocycles. The van der Waals surface area contributed by atoms with Gasteiger partial charge in [-0.2, -0.15) is 4.98 Å². The molecule has 0 bridgehead atoms. The lowest BCUT2D eigenvalue weighted by molar-refractivity contribution is 0.234. The van der Waals surface area contributed by atoms with Crippen molar-refractivity contribution in [1.82, 2.24) is 9.88 Å². The van der Waals surface area contributed by atoms with Crippen molar-refractivity contribution in [3.8, 4) is 5.88 Å². The molecule has 0 saturated carbocycles. The van der Waals surface area contributed by atoms with Crippen LogP contribution < -0.4 is 15.8 Å². The summed E-state index contributed by atoms with van der Waals surface area (Å²) in [6.45, 7) is 5.94. The summed E-state index contributed by atoms with van der Waals surface area (Å²) in [4.78, 5) is 6.57. The minimum absolute atomic E-state index is 0.0742. The number of unbranched alkanes of at least 4 members (excludes halogenated alkanes) is 1. The summed E-state index contributed by atoms with van der Waals surface area (Å²) >= 11 is 0. The predicted molar refractivity (Wildman–Crippen MR) is 80.7 cm³/mol. The van der Waals surface area contributed by atoms with E-state index in [1.54, 1.807) is 0 Å². The molecule has 108 valence electrons. The number of pyridine rings is 1. The number of ether oxygens (including phenoxy) is 1. The van der Waals surface area contributed by atoms with Crippen LogP contribution in [0, 0.1) is 0 Å². The number of rotatable bonds is 8. The fraction of sp³-hybridized carbons (Fsp3) is 0.643. The van der Waals surface area contributed by atoms with Gasteiger partial charge in [0.1, 0.15) is 5.82 Å².